The number of aryl methyl sites for hydroxylation is 1. The molecule has 1 aliphatic heterocycles. The van der Waals surface area contributed by atoms with E-state index in [0.29, 0.717) is 11.4 Å². The molecule has 1 N–H and O–H groups in total. The zero-order valence-electron chi connectivity index (χ0n) is 16.7. The molecule has 0 aliphatic carbocycles. The maximum Gasteiger partial charge on any atom is 0.255 e. The molecule has 0 radical (unpaired) electrons. The molecule has 1 aliphatic rings. The van der Waals surface area contributed by atoms with E-state index in [1.807, 2.05) is 49.1 Å². The highest BCUT2D eigenvalue weighted by molar-refractivity contribution is 8.00. The Morgan fingerprint density at radius 3 is 2.53 bits per heavy atom. The summed E-state index contributed by atoms with van der Waals surface area (Å²) in [4.78, 5) is 26.8. The minimum atomic E-state index is -0.451. The first kappa shape index (κ1) is 20.2. The van der Waals surface area contributed by atoms with Crippen molar-refractivity contribution in [3.05, 3.63) is 94.8 Å². The number of hydrogen-bond acceptors (Lipinski definition) is 3. The summed E-state index contributed by atoms with van der Waals surface area (Å²) in [6.07, 6.45) is 0. The number of thioether (sulfide) groups is 1. The highest BCUT2D eigenvalue weighted by Crippen LogP contribution is 2.43. The Morgan fingerprint density at radius 2 is 1.80 bits per heavy atom. The Morgan fingerprint density at radius 1 is 1.07 bits per heavy atom. The van der Waals surface area contributed by atoms with E-state index in [9.17, 15) is 14.0 Å². The van der Waals surface area contributed by atoms with Gasteiger partial charge in [0.15, 0.2) is 0 Å². The number of benzene rings is 3. The SMILES string of the molecule is Cc1cccc(N2C(=O)CSC2c2ccc(NC(=O)c3cccc(F)c3)cc2)c1C. The number of carbonyl (C=O) groups is 2. The summed E-state index contributed by atoms with van der Waals surface area (Å²) < 4.78 is 13.3. The van der Waals surface area contributed by atoms with Crippen molar-refractivity contribution >= 4 is 35.0 Å². The van der Waals surface area contributed by atoms with E-state index < -0.39 is 5.82 Å². The van der Waals surface area contributed by atoms with Crippen LogP contribution in [-0.4, -0.2) is 17.6 Å². The van der Waals surface area contributed by atoms with Crippen molar-refractivity contribution in [3.8, 4) is 0 Å². The number of halogens is 1. The smallest absolute Gasteiger partial charge is 0.255 e. The van der Waals surface area contributed by atoms with E-state index in [1.165, 1.54) is 18.2 Å². The number of amides is 2. The monoisotopic (exact) mass is 420 g/mol. The first-order valence-electron chi connectivity index (χ1n) is 9.61. The Bertz CT molecular complexity index is 1110. The third-order valence-corrected chi connectivity index (χ3v) is 6.46. The van der Waals surface area contributed by atoms with Crippen molar-refractivity contribution in [1.82, 2.24) is 0 Å². The summed E-state index contributed by atoms with van der Waals surface area (Å²) in [6, 6.07) is 19.0. The van der Waals surface area contributed by atoms with Crippen LogP contribution in [-0.2, 0) is 4.79 Å². The number of carbonyl (C=O) groups excluding carboxylic acids is 2. The Balaban J connectivity index is 1.55. The van der Waals surface area contributed by atoms with Gasteiger partial charge in [-0.2, -0.15) is 0 Å². The number of nitrogens with zero attached hydrogens (tertiary/aromatic N) is 1. The molecule has 1 unspecified atom stereocenters. The first-order valence-corrected chi connectivity index (χ1v) is 10.7. The van der Waals surface area contributed by atoms with Crippen LogP contribution in [0.2, 0.25) is 0 Å². The van der Waals surface area contributed by atoms with Crippen molar-refractivity contribution in [2.75, 3.05) is 16.0 Å². The van der Waals surface area contributed by atoms with Gasteiger partial charge in [-0.15, -0.1) is 11.8 Å². The van der Waals surface area contributed by atoms with Crippen LogP contribution in [0.25, 0.3) is 0 Å². The predicted octanol–water partition coefficient (Wildman–Crippen LogP) is 5.47. The van der Waals surface area contributed by atoms with Crippen molar-refractivity contribution in [2.24, 2.45) is 0 Å². The van der Waals surface area contributed by atoms with Crippen LogP contribution >= 0.6 is 11.8 Å². The van der Waals surface area contributed by atoms with Gasteiger partial charge in [0.2, 0.25) is 5.91 Å². The lowest BCUT2D eigenvalue weighted by molar-refractivity contribution is -0.115. The van der Waals surface area contributed by atoms with Crippen LogP contribution < -0.4 is 10.2 Å². The quantitative estimate of drug-likeness (QED) is 0.609. The summed E-state index contributed by atoms with van der Waals surface area (Å²) in [5.74, 6) is -0.310. The molecule has 1 atom stereocenters. The molecule has 0 saturated carbocycles. The van der Waals surface area contributed by atoms with E-state index in [2.05, 4.69) is 5.32 Å². The van der Waals surface area contributed by atoms with Crippen molar-refractivity contribution in [2.45, 2.75) is 19.2 Å². The zero-order valence-corrected chi connectivity index (χ0v) is 17.5. The Hall–Kier alpha value is -3.12. The van der Waals surface area contributed by atoms with Gasteiger partial charge in [-0.3, -0.25) is 14.5 Å². The maximum atomic E-state index is 13.3. The number of rotatable bonds is 4. The summed E-state index contributed by atoms with van der Waals surface area (Å²) in [5, 5.41) is 2.66. The Labute approximate surface area is 179 Å². The number of nitrogens with one attached hydrogen (secondary N) is 1. The highest BCUT2D eigenvalue weighted by Gasteiger charge is 2.34. The molecule has 3 aromatic rings. The minimum Gasteiger partial charge on any atom is -0.322 e. The molecule has 0 bridgehead atoms. The number of hydrogen-bond donors (Lipinski definition) is 1. The fraction of sp³-hybridized carbons (Fsp3) is 0.167. The molecule has 1 saturated heterocycles. The van der Waals surface area contributed by atoms with Gasteiger partial charge in [0.1, 0.15) is 11.2 Å². The fourth-order valence-electron chi connectivity index (χ4n) is 3.49. The second kappa shape index (κ2) is 8.32. The third-order valence-electron chi connectivity index (χ3n) is 5.24. The van der Waals surface area contributed by atoms with E-state index >= 15 is 0 Å². The van der Waals surface area contributed by atoms with Crippen LogP contribution in [0.1, 0.15) is 32.4 Å². The highest BCUT2D eigenvalue weighted by atomic mass is 32.2. The molecular formula is C24H21FN2O2S. The van der Waals surface area contributed by atoms with Crippen LogP contribution in [0.4, 0.5) is 15.8 Å². The van der Waals surface area contributed by atoms with Gasteiger partial charge in [0.05, 0.1) is 5.75 Å². The van der Waals surface area contributed by atoms with Crippen LogP contribution in [0.5, 0.6) is 0 Å². The molecule has 30 heavy (non-hydrogen) atoms. The van der Waals surface area contributed by atoms with Gasteiger partial charge in [-0.1, -0.05) is 30.3 Å². The van der Waals surface area contributed by atoms with Crippen molar-refractivity contribution in [1.29, 1.82) is 0 Å². The second-order valence-electron chi connectivity index (χ2n) is 7.23. The summed E-state index contributed by atoms with van der Waals surface area (Å²) in [6.45, 7) is 4.07. The lowest BCUT2D eigenvalue weighted by atomic mass is 10.1. The molecule has 3 aromatic carbocycles. The summed E-state index contributed by atoms with van der Waals surface area (Å²) >= 11 is 1.59. The maximum absolute atomic E-state index is 13.3. The minimum absolute atomic E-state index is 0.0854. The molecule has 0 aromatic heterocycles. The molecule has 0 spiro atoms. The average Bonchev–Trinajstić information content (AvgIpc) is 3.12. The van der Waals surface area contributed by atoms with Gasteiger partial charge in [0.25, 0.3) is 5.91 Å². The zero-order chi connectivity index (χ0) is 21.3. The van der Waals surface area contributed by atoms with E-state index in [4.69, 9.17) is 0 Å². The largest absolute Gasteiger partial charge is 0.322 e. The van der Waals surface area contributed by atoms with Gasteiger partial charge >= 0.3 is 0 Å². The topological polar surface area (TPSA) is 49.4 Å². The van der Waals surface area contributed by atoms with Crippen LogP contribution in [0, 0.1) is 19.7 Å². The molecule has 152 valence electrons. The Kier molecular flexibility index (Phi) is 5.59. The van der Waals surface area contributed by atoms with E-state index in [0.717, 1.165) is 22.4 Å². The predicted molar refractivity (Wildman–Crippen MR) is 119 cm³/mol. The molecular weight excluding hydrogens is 399 g/mol. The van der Waals surface area contributed by atoms with E-state index in [1.54, 1.807) is 30.0 Å². The average molecular weight is 421 g/mol. The molecule has 4 nitrogen and oxygen atoms in total. The van der Waals surface area contributed by atoms with Gasteiger partial charge in [-0.25, -0.2) is 4.39 Å². The second-order valence-corrected chi connectivity index (χ2v) is 8.30. The lowest BCUT2D eigenvalue weighted by Gasteiger charge is -2.26. The third kappa shape index (κ3) is 3.96. The molecule has 6 heteroatoms. The fourth-order valence-corrected chi connectivity index (χ4v) is 4.66. The van der Waals surface area contributed by atoms with Crippen LogP contribution in [0.3, 0.4) is 0 Å². The van der Waals surface area contributed by atoms with Crippen LogP contribution in [0.15, 0.2) is 66.7 Å². The van der Waals surface area contributed by atoms with E-state index in [-0.39, 0.29) is 22.8 Å². The first-order chi connectivity index (χ1) is 14.4. The van der Waals surface area contributed by atoms with Crippen molar-refractivity contribution < 1.29 is 14.0 Å². The lowest BCUT2D eigenvalue weighted by Crippen LogP contribution is -2.28. The summed E-state index contributed by atoms with van der Waals surface area (Å²) in [5.41, 5.74) is 5.02. The molecule has 2 amide bonds. The van der Waals surface area contributed by atoms with Gasteiger partial charge in [-0.05, 0) is 66.9 Å². The number of anilines is 2. The van der Waals surface area contributed by atoms with Gasteiger partial charge in [0, 0.05) is 16.9 Å². The van der Waals surface area contributed by atoms with Crippen molar-refractivity contribution in [3.63, 3.8) is 0 Å². The standard InChI is InChI=1S/C24H21FN2O2S/c1-15-5-3-8-21(16(15)2)27-22(28)14-30-24(27)17-9-11-20(12-10-17)26-23(29)18-6-4-7-19(25)13-18/h3-13,24H,14H2,1-2H3,(H,26,29). The normalized spacial score (nSPS) is 16.0. The molecule has 4 rings (SSSR count). The summed E-state index contributed by atoms with van der Waals surface area (Å²) in [7, 11) is 0. The van der Waals surface area contributed by atoms with Gasteiger partial charge < -0.3 is 5.32 Å². The molecule has 1 heterocycles. The molecule has 1 fully saturated rings.